The number of Topliss-reactive ketones (excluding diaryl/α,β-unsaturated/α-hetero) is 2. The number of hydrogen-bond donors (Lipinski definition) is 4. The van der Waals surface area contributed by atoms with Crippen molar-refractivity contribution in [1.82, 2.24) is 54.8 Å². The molecule has 9 heterocycles. The van der Waals surface area contributed by atoms with E-state index in [1.807, 2.05) is 108 Å². The summed E-state index contributed by atoms with van der Waals surface area (Å²) >= 11 is 0. The molecule has 4 unspecified atom stereocenters. The Balaban J connectivity index is 0.000000207. The molecule has 15 rings (SSSR count). The number of hydrogen-bond acceptors (Lipinski definition) is 22. The third-order valence-corrected chi connectivity index (χ3v) is 25.1. The van der Waals surface area contributed by atoms with Crippen LogP contribution in [0, 0.1) is 17.0 Å². The van der Waals surface area contributed by atoms with Crippen LogP contribution in [0.5, 0.6) is 28.7 Å². The number of oxazole rings is 1. The fourth-order valence-corrected chi connectivity index (χ4v) is 17.4. The SMILES string of the molecule is CCC(C)(C)C(=O)C(=O)N1CCCCC1C(=O)C[C@H](CCc1ccc(OC)c(OC)c1)c1cccc(OCC(=O)NCCCCOc2ccc(C3CN(C4CCC(=O)NC4=O)C(=O)N3C)cc2)c1.O=C1CCC(n2c(=O)oc3cc(OCCCN4CCC(n5cc(C6=Nc7c(cccc7-c7cc(F)c(CN8CCOCC8)c(F)c7)NC6)cn5)CC4)ccc32)C(=O)N1. The number of piperidine rings is 4. The maximum atomic E-state index is 15.4. The van der Waals surface area contributed by atoms with Crippen LogP contribution in [0.25, 0.3) is 22.2 Å². The third-order valence-electron chi connectivity index (χ3n) is 25.1. The topological polar surface area (TPSA) is 339 Å². The molecule has 0 radical (unpaired) electrons. The number of anilines is 1. The van der Waals surface area contributed by atoms with Gasteiger partial charge in [0.1, 0.15) is 41.0 Å². The Morgan fingerprint density at radius 2 is 1.40 bits per heavy atom. The lowest BCUT2D eigenvalue weighted by Crippen LogP contribution is -2.53. The molecule has 4 N–H and O–H groups in total. The molecule has 8 amide bonds. The third kappa shape index (κ3) is 21.7. The quantitative estimate of drug-likeness (QED) is 0.0165. The number of morpholine rings is 1. The van der Waals surface area contributed by atoms with E-state index in [0.29, 0.717) is 167 Å². The number of rotatable bonds is 34. The van der Waals surface area contributed by atoms with Crippen LogP contribution < -0.4 is 50.7 Å². The molecule has 0 spiro atoms. The zero-order valence-corrected chi connectivity index (χ0v) is 72.2. The average Bonchev–Trinajstić information content (AvgIpc) is 1.32. The molecular formula is C94H111F2N13O17. The minimum Gasteiger partial charge on any atom is -0.494 e. The fraction of sp³-hybridized carbons (Fsp3) is 0.468. The summed E-state index contributed by atoms with van der Waals surface area (Å²) in [5.41, 5.74) is 7.07. The van der Waals surface area contributed by atoms with Crippen molar-refractivity contribution in [2.45, 2.75) is 166 Å². The summed E-state index contributed by atoms with van der Waals surface area (Å²) in [5.74, 6) is -2.12. The largest absolute Gasteiger partial charge is 0.494 e. The Hall–Kier alpha value is -12.2. The van der Waals surface area contributed by atoms with Gasteiger partial charge in [0.15, 0.2) is 29.5 Å². The van der Waals surface area contributed by atoms with Crippen molar-refractivity contribution in [1.29, 1.82) is 0 Å². The first-order valence-electron chi connectivity index (χ1n) is 43.7. The summed E-state index contributed by atoms with van der Waals surface area (Å²) in [4.78, 5) is 142. The molecule has 0 aliphatic carbocycles. The number of imide groups is 2. The Morgan fingerprint density at radius 1 is 0.698 bits per heavy atom. The molecule has 8 aromatic rings. The number of aromatic nitrogens is 3. The van der Waals surface area contributed by atoms with Crippen LogP contribution in [0.2, 0.25) is 0 Å². The second-order valence-corrected chi connectivity index (χ2v) is 33.8. The highest BCUT2D eigenvalue weighted by molar-refractivity contribution is 6.38. The second kappa shape index (κ2) is 41.3. The molecule has 7 aliphatic heterocycles. The number of likely N-dealkylation sites (tertiary alicyclic amines) is 2. The van der Waals surface area contributed by atoms with Crippen molar-refractivity contribution >= 4 is 81.2 Å². The van der Waals surface area contributed by atoms with E-state index in [1.165, 1.54) is 26.5 Å². The molecule has 2 aromatic heterocycles. The smallest absolute Gasteiger partial charge is 0.420 e. The average molecular weight is 1730 g/mol. The predicted molar refractivity (Wildman–Crippen MR) is 465 cm³/mol. The number of para-hydroxylation sites is 1. The van der Waals surface area contributed by atoms with Crippen molar-refractivity contribution in [2.24, 2.45) is 10.4 Å². The van der Waals surface area contributed by atoms with Gasteiger partial charge in [-0.25, -0.2) is 23.4 Å². The number of likely N-dealkylation sites (N-methyl/N-ethyl adjacent to an activating group) is 1. The maximum absolute atomic E-state index is 15.4. The number of urea groups is 1. The number of benzene rings is 6. The maximum Gasteiger partial charge on any atom is 0.420 e. The first-order valence-corrected chi connectivity index (χ1v) is 43.7. The molecule has 0 saturated carbocycles. The molecule has 126 heavy (non-hydrogen) atoms. The predicted octanol–water partition coefficient (Wildman–Crippen LogP) is 11.5. The molecule has 6 fully saturated rings. The van der Waals surface area contributed by atoms with Gasteiger partial charge in [0.05, 0.1) is 94.1 Å². The summed E-state index contributed by atoms with van der Waals surface area (Å²) in [5, 5.41) is 15.7. The first kappa shape index (κ1) is 90.1. The van der Waals surface area contributed by atoms with Crippen LogP contribution in [0.1, 0.15) is 169 Å². The number of ether oxygens (including phenoxy) is 6. The number of methoxy groups -OCH3 is 2. The highest BCUT2D eigenvalue weighted by Crippen LogP contribution is 2.42. The lowest BCUT2D eigenvalue weighted by atomic mass is 9.82. The van der Waals surface area contributed by atoms with E-state index in [-0.39, 0.29) is 91.9 Å². The van der Waals surface area contributed by atoms with E-state index in [1.54, 1.807) is 64.3 Å². The highest BCUT2D eigenvalue weighted by Gasteiger charge is 2.45. The number of aryl methyl sites for hydroxylation is 1. The minimum absolute atomic E-state index is 0.0658. The molecule has 668 valence electrons. The minimum atomic E-state index is -0.819. The van der Waals surface area contributed by atoms with Crippen LogP contribution in [0.3, 0.4) is 0 Å². The van der Waals surface area contributed by atoms with Gasteiger partial charge in [0.25, 0.3) is 11.8 Å². The molecule has 0 bridgehead atoms. The van der Waals surface area contributed by atoms with Crippen LogP contribution in [0.4, 0.5) is 25.0 Å². The number of carbonyl (C=O) groups excluding carboxylic acids is 9. The summed E-state index contributed by atoms with van der Waals surface area (Å²) in [6, 6.07) is 31.9. The van der Waals surface area contributed by atoms with E-state index in [9.17, 15) is 47.9 Å². The van der Waals surface area contributed by atoms with Gasteiger partial charge in [-0.1, -0.05) is 63.2 Å². The number of fused-ring (bicyclic) bond motifs is 2. The van der Waals surface area contributed by atoms with E-state index < -0.39 is 64.4 Å². The standard InChI is InChI=1S/C52H67N5O11.C42H44F2N8O6/c1-7-52(2,3)48(61)50(63)56-27-10-8-15-40(56)43(58)31-37(18-16-34-17-24-44(65-5)45(29-34)66-6)36-13-12-14-39(30-36)68-33-47(60)53-26-9-11-28-67-38-21-19-35(20-22-38)42-32-57(51(64)55(42)4)41-23-25-46(59)54-49(41)62;43-32-19-26(20-33(44)31(32)25-50-14-17-56-18-15-50)30-3-1-4-34-40(30)47-35(23-45-34)27-22-46-51(24-27)28-9-12-49(13-10-28)11-2-16-57-29-5-6-36-38(21-29)58-42(55)52(36)37-7-8-39(53)48-41(37)54/h12-14,17,19-22,24,29-30,37,40-42H,7-11,15-16,18,23,25-28,31-33H2,1-6H3,(H,53,60)(H,54,59,62);1,3-6,19-22,24,28,37,45H,2,7-18,23,25H2,(H,48,53,54)/t37-,40?,41?,42?;/m0./s1. The zero-order valence-electron chi connectivity index (χ0n) is 72.2. The van der Waals surface area contributed by atoms with Crippen molar-refractivity contribution < 1.29 is 84.8 Å². The normalized spacial score (nSPS) is 19.2. The van der Waals surface area contributed by atoms with Crippen molar-refractivity contribution in [3.05, 3.63) is 178 Å². The van der Waals surface area contributed by atoms with Gasteiger partial charge >= 0.3 is 11.8 Å². The van der Waals surface area contributed by atoms with E-state index in [4.69, 9.17) is 42.9 Å². The van der Waals surface area contributed by atoms with Crippen LogP contribution in [-0.2, 0) is 56.1 Å². The van der Waals surface area contributed by atoms with Gasteiger partial charge in [-0.05, 0) is 178 Å². The van der Waals surface area contributed by atoms with E-state index in [0.717, 1.165) is 85.4 Å². The van der Waals surface area contributed by atoms with Gasteiger partial charge in [-0.3, -0.25) is 63.1 Å². The van der Waals surface area contributed by atoms with Crippen LogP contribution >= 0.6 is 0 Å². The van der Waals surface area contributed by atoms with Gasteiger partial charge in [0, 0.05) is 120 Å². The van der Waals surface area contributed by atoms with Crippen molar-refractivity contribution in [2.75, 3.05) is 119 Å². The molecule has 32 heteroatoms. The monoisotopic (exact) mass is 1730 g/mol. The molecular weight excluding hydrogens is 1620 g/mol. The number of ketones is 2. The Morgan fingerprint density at radius 3 is 2.13 bits per heavy atom. The number of nitrogens with zero attached hydrogens (tertiary/aromatic N) is 9. The van der Waals surface area contributed by atoms with Gasteiger partial charge in [-0.15, -0.1) is 0 Å². The van der Waals surface area contributed by atoms with Gasteiger partial charge in [-0.2, -0.15) is 5.10 Å². The van der Waals surface area contributed by atoms with Crippen LogP contribution in [-0.4, -0.2) is 223 Å². The van der Waals surface area contributed by atoms with E-state index in [2.05, 4.69) is 26.2 Å². The summed E-state index contributed by atoms with van der Waals surface area (Å²) in [6.45, 7) is 13.1. The summed E-state index contributed by atoms with van der Waals surface area (Å²) in [6.07, 6.45) is 12.8. The number of halogens is 2. The van der Waals surface area contributed by atoms with Crippen molar-refractivity contribution in [3.8, 4) is 39.9 Å². The van der Waals surface area contributed by atoms with Crippen molar-refractivity contribution in [3.63, 3.8) is 0 Å². The Kier molecular flexibility index (Phi) is 29.5. The van der Waals surface area contributed by atoms with Gasteiger partial charge < -0.3 is 63.1 Å². The molecule has 30 nitrogen and oxygen atoms in total. The number of amides is 8. The summed E-state index contributed by atoms with van der Waals surface area (Å²) in [7, 11) is 4.88. The van der Waals surface area contributed by atoms with E-state index >= 15 is 8.78 Å². The zero-order chi connectivity index (χ0) is 88.7. The number of nitrogens with one attached hydrogen (secondary N) is 4. The Bertz CT molecular complexity index is 5380. The summed E-state index contributed by atoms with van der Waals surface area (Å²) < 4.78 is 73.8. The molecule has 6 aromatic carbocycles. The second-order valence-electron chi connectivity index (χ2n) is 33.8. The van der Waals surface area contributed by atoms with Crippen LogP contribution in [0.15, 0.2) is 142 Å². The lowest BCUT2D eigenvalue weighted by molar-refractivity contribution is -0.153. The molecule has 5 atom stereocenters. The lowest BCUT2D eigenvalue weighted by Gasteiger charge is -2.36. The first-order chi connectivity index (χ1) is 60.9. The Labute approximate surface area is 729 Å². The fourth-order valence-electron chi connectivity index (χ4n) is 17.4. The molecule has 6 saturated heterocycles. The molecule has 7 aliphatic rings. The van der Waals surface area contributed by atoms with Gasteiger partial charge in [0.2, 0.25) is 29.4 Å². The number of carbonyl (C=O) groups is 9. The number of unbranched alkanes of at least 4 members (excludes halogenated alkanes) is 1. The highest BCUT2D eigenvalue weighted by atomic mass is 19.1. The number of aliphatic imine (C=N–C) groups is 1.